The predicted octanol–water partition coefficient (Wildman–Crippen LogP) is 3.93. The van der Waals surface area contributed by atoms with Gasteiger partial charge in [-0.05, 0) is 49.1 Å². The molecule has 4 N–H and O–H groups in total. The van der Waals surface area contributed by atoms with Gasteiger partial charge in [-0.2, -0.15) is 0 Å². The number of benzene rings is 2. The van der Waals surface area contributed by atoms with Crippen molar-refractivity contribution in [1.82, 2.24) is 15.3 Å². The van der Waals surface area contributed by atoms with Gasteiger partial charge in [-0.25, -0.2) is 4.79 Å². The van der Waals surface area contributed by atoms with Crippen LogP contribution in [-0.4, -0.2) is 21.9 Å². The molecule has 0 fully saturated rings. The van der Waals surface area contributed by atoms with E-state index in [-0.39, 0.29) is 17.6 Å². The van der Waals surface area contributed by atoms with Crippen LogP contribution in [0.15, 0.2) is 64.8 Å². The average Bonchev–Trinajstić information content (AvgIpc) is 3.35. The summed E-state index contributed by atoms with van der Waals surface area (Å²) in [4.78, 5) is 30.8. The number of hydrogen-bond acceptors (Lipinski definition) is 4. The molecule has 6 nitrogen and oxygen atoms in total. The van der Waals surface area contributed by atoms with E-state index in [4.69, 9.17) is 0 Å². The molecule has 0 bridgehead atoms. The van der Waals surface area contributed by atoms with Gasteiger partial charge >= 0.3 is 5.69 Å². The van der Waals surface area contributed by atoms with Crippen LogP contribution >= 0.6 is 11.3 Å². The van der Waals surface area contributed by atoms with Crippen LogP contribution in [0.25, 0.3) is 11.0 Å². The lowest BCUT2D eigenvalue weighted by Crippen LogP contribution is -2.40. The summed E-state index contributed by atoms with van der Waals surface area (Å²) in [6, 6.07) is 17.2. The number of amides is 1. The Hall–Kier alpha value is -3.16. The highest BCUT2D eigenvalue weighted by Gasteiger charge is 2.21. The molecule has 2 aromatic heterocycles. The maximum Gasteiger partial charge on any atom is 0.323 e. The number of aromatic amines is 2. The van der Waals surface area contributed by atoms with E-state index < -0.39 is 6.04 Å². The molecule has 7 heteroatoms. The van der Waals surface area contributed by atoms with Gasteiger partial charge < -0.3 is 15.3 Å². The molecule has 0 aliphatic carbocycles. The number of aryl methyl sites for hydroxylation is 1. The summed E-state index contributed by atoms with van der Waals surface area (Å²) in [5, 5.41) is 8.41. The van der Waals surface area contributed by atoms with Gasteiger partial charge in [0.05, 0.1) is 23.1 Å². The minimum Gasteiger partial charge on any atom is -0.325 e. The molecule has 2 atom stereocenters. The third-order valence-electron chi connectivity index (χ3n) is 4.83. The summed E-state index contributed by atoms with van der Waals surface area (Å²) in [5.74, 6) is -0.143. The molecule has 0 spiro atoms. The van der Waals surface area contributed by atoms with Crippen molar-refractivity contribution in [3.05, 3.63) is 86.5 Å². The summed E-state index contributed by atoms with van der Waals surface area (Å²) < 4.78 is 0. The number of thiophene rings is 1. The zero-order valence-electron chi connectivity index (χ0n) is 16.2. The average molecular weight is 407 g/mol. The first-order valence-corrected chi connectivity index (χ1v) is 10.3. The van der Waals surface area contributed by atoms with Gasteiger partial charge in [-0.3, -0.25) is 10.1 Å². The van der Waals surface area contributed by atoms with E-state index in [9.17, 15) is 9.59 Å². The van der Waals surface area contributed by atoms with Crippen molar-refractivity contribution in [1.29, 1.82) is 0 Å². The summed E-state index contributed by atoms with van der Waals surface area (Å²) in [7, 11) is 0. The zero-order chi connectivity index (χ0) is 20.4. The van der Waals surface area contributed by atoms with Crippen LogP contribution in [-0.2, 0) is 4.79 Å². The Balaban J connectivity index is 1.51. The van der Waals surface area contributed by atoms with Crippen molar-refractivity contribution in [2.45, 2.75) is 25.9 Å². The molecule has 1 amide bonds. The molecule has 4 aromatic rings. The number of anilines is 1. The Kier molecular flexibility index (Phi) is 5.33. The number of aromatic nitrogens is 2. The maximum atomic E-state index is 12.8. The number of nitrogens with one attached hydrogen (secondary N) is 4. The summed E-state index contributed by atoms with van der Waals surface area (Å²) in [6.07, 6.45) is 0. The summed E-state index contributed by atoms with van der Waals surface area (Å²) in [6.45, 7) is 3.91. The molecule has 0 radical (unpaired) electrons. The highest BCUT2D eigenvalue weighted by atomic mass is 32.1. The minimum absolute atomic E-state index is 0.0696. The molecular formula is C22H22N4O2S. The molecule has 2 aromatic carbocycles. The van der Waals surface area contributed by atoms with E-state index >= 15 is 0 Å². The Morgan fingerprint density at radius 1 is 1.03 bits per heavy atom. The highest BCUT2D eigenvalue weighted by molar-refractivity contribution is 7.10. The number of fused-ring (bicyclic) bond motifs is 1. The van der Waals surface area contributed by atoms with Gasteiger partial charge in [0, 0.05) is 10.6 Å². The molecule has 2 heterocycles. The van der Waals surface area contributed by atoms with E-state index in [1.54, 1.807) is 29.5 Å². The lowest BCUT2D eigenvalue weighted by atomic mass is 10.0. The van der Waals surface area contributed by atoms with E-state index in [0.717, 1.165) is 10.4 Å². The van der Waals surface area contributed by atoms with Gasteiger partial charge in [0.1, 0.15) is 0 Å². The second kappa shape index (κ2) is 8.06. The number of hydrogen-bond donors (Lipinski definition) is 4. The fraction of sp³-hybridized carbons (Fsp3) is 0.182. The van der Waals surface area contributed by atoms with Crippen molar-refractivity contribution in [2.75, 3.05) is 5.32 Å². The molecule has 0 aliphatic heterocycles. The quantitative estimate of drug-likeness (QED) is 0.391. The van der Waals surface area contributed by atoms with Crippen molar-refractivity contribution < 1.29 is 4.79 Å². The Morgan fingerprint density at radius 3 is 2.52 bits per heavy atom. The molecule has 0 aliphatic rings. The van der Waals surface area contributed by atoms with E-state index in [1.165, 1.54) is 5.56 Å². The number of carbonyl (C=O) groups is 1. The van der Waals surface area contributed by atoms with Gasteiger partial charge in [-0.1, -0.05) is 35.9 Å². The van der Waals surface area contributed by atoms with Crippen molar-refractivity contribution in [2.24, 2.45) is 0 Å². The van der Waals surface area contributed by atoms with Crippen LogP contribution in [0.3, 0.4) is 0 Å². The molecule has 0 unspecified atom stereocenters. The topological polar surface area (TPSA) is 89.8 Å². The zero-order valence-corrected chi connectivity index (χ0v) is 17.0. The molecule has 29 heavy (non-hydrogen) atoms. The van der Waals surface area contributed by atoms with Gasteiger partial charge in [0.15, 0.2) is 0 Å². The summed E-state index contributed by atoms with van der Waals surface area (Å²) in [5.41, 5.74) is 4.04. The Bertz CT molecular complexity index is 1180. The fourth-order valence-electron chi connectivity index (χ4n) is 3.24. The van der Waals surface area contributed by atoms with Crippen molar-refractivity contribution in [3.63, 3.8) is 0 Å². The standard InChI is InChI=1S/C22H22N4O2S/c1-13-5-7-15(8-6-13)20(19-4-3-11-29-19)23-14(2)21(27)24-16-9-10-17-18(12-16)26-22(28)25-17/h3-12,14,20,23H,1-2H3,(H,24,27)(H2,25,26,28)/t14-,20+/m1/s1. The van der Waals surface area contributed by atoms with Crippen LogP contribution in [0, 0.1) is 6.92 Å². The maximum absolute atomic E-state index is 12.8. The normalized spacial score (nSPS) is 13.3. The third-order valence-corrected chi connectivity index (χ3v) is 5.77. The van der Waals surface area contributed by atoms with Gasteiger partial charge in [-0.15, -0.1) is 11.3 Å². The fourth-order valence-corrected chi connectivity index (χ4v) is 4.06. The van der Waals surface area contributed by atoms with E-state index in [1.807, 2.05) is 18.4 Å². The predicted molar refractivity (Wildman–Crippen MR) is 117 cm³/mol. The van der Waals surface area contributed by atoms with Crippen LogP contribution in [0.5, 0.6) is 0 Å². The van der Waals surface area contributed by atoms with Crippen molar-refractivity contribution >= 4 is 34.0 Å². The van der Waals surface area contributed by atoms with Crippen LogP contribution in [0.1, 0.15) is 29.0 Å². The van der Waals surface area contributed by atoms with E-state index in [0.29, 0.717) is 16.7 Å². The largest absolute Gasteiger partial charge is 0.325 e. The molecule has 4 rings (SSSR count). The SMILES string of the molecule is Cc1ccc([C@H](N[C@H](C)C(=O)Nc2ccc3[nH]c(=O)[nH]c3c2)c2cccs2)cc1. The lowest BCUT2D eigenvalue weighted by Gasteiger charge is -2.23. The first-order chi connectivity index (χ1) is 14.0. The van der Waals surface area contributed by atoms with Crippen molar-refractivity contribution in [3.8, 4) is 0 Å². The molecule has 0 saturated heterocycles. The smallest absolute Gasteiger partial charge is 0.323 e. The van der Waals surface area contributed by atoms with E-state index in [2.05, 4.69) is 57.9 Å². The third kappa shape index (κ3) is 4.31. The molecular weight excluding hydrogens is 384 g/mol. The number of imidazole rings is 1. The summed E-state index contributed by atoms with van der Waals surface area (Å²) >= 11 is 1.66. The van der Waals surface area contributed by atoms with Crippen LogP contribution in [0.2, 0.25) is 0 Å². The van der Waals surface area contributed by atoms with Gasteiger partial charge in [0.25, 0.3) is 0 Å². The highest BCUT2D eigenvalue weighted by Crippen LogP contribution is 2.27. The first-order valence-electron chi connectivity index (χ1n) is 9.38. The molecule has 0 saturated carbocycles. The van der Waals surface area contributed by atoms with Crippen LogP contribution in [0.4, 0.5) is 5.69 Å². The number of carbonyl (C=O) groups excluding carboxylic acids is 1. The minimum atomic E-state index is -0.427. The number of H-pyrrole nitrogens is 2. The monoisotopic (exact) mass is 406 g/mol. The Morgan fingerprint density at radius 2 is 1.79 bits per heavy atom. The lowest BCUT2D eigenvalue weighted by molar-refractivity contribution is -0.117. The second-order valence-corrected chi connectivity index (χ2v) is 8.06. The first kappa shape index (κ1) is 19.2. The van der Waals surface area contributed by atoms with Gasteiger partial charge in [0.2, 0.25) is 5.91 Å². The molecule has 148 valence electrons. The second-order valence-electron chi connectivity index (χ2n) is 7.08. The Labute approximate surface area is 172 Å². The van der Waals surface area contributed by atoms with Crippen LogP contribution < -0.4 is 16.3 Å². The number of rotatable bonds is 6.